The highest BCUT2D eigenvalue weighted by atomic mass is 79.9. The minimum absolute atomic E-state index is 0.0391. The van der Waals surface area contributed by atoms with Crippen LogP contribution in [0.25, 0.3) is 0 Å². The summed E-state index contributed by atoms with van der Waals surface area (Å²) in [6.07, 6.45) is -2.48. The molecule has 16 heavy (non-hydrogen) atoms. The lowest BCUT2D eigenvalue weighted by molar-refractivity contribution is 0.0338. The maximum Gasteiger partial charge on any atom is 0.190 e. The number of methoxy groups -OCH3 is 1. The van der Waals surface area contributed by atoms with Crippen molar-refractivity contribution < 1.29 is 23.7 Å². The van der Waals surface area contributed by atoms with Crippen LogP contribution in [-0.2, 0) is 0 Å². The average Bonchev–Trinajstić information content (AvgIpc) is 2.26. The molecule has 1 aromatic rings. The lowest BCUT2D eigenvalue weighted by Gasteiger charge is -2.16. The van der Waals surface area contributed by atoms with Gasteiger partial charge in [0.1, 0.15) is 6.10 Å². The molecule has 6 heteroatoms. The van der Waals surface area contributed by atoms with Crippen LogP contribution in [-0.4, -0.2) is 28.8 Å². The quantitative estimate of drug-likeness (QED) is 0.833. The maximum absolute atomic E-state index is 13.3. The van der Waals surface area contributed by atoms with Gasteiger partial charge in [0.25, 0.3) is 0 Å². The molecule has 0 aliphatic heterocycles. The third-order valence-electron chi connectivity index (χ3n) is 2.09. The van der Waals surface area contributed by atoms with Crippen molar-refractivity contribution in [2.75, 3.05) is 12.4 Å². The Morgan fingerprint density at radius 2 is 1.81 bits per heavy atom. The van der Waals surface area contributed by atoms with Gasteiger partial charge in [0.05, 0.1) is 13.2 Å². The summed E-state index contributed by atoms with van der Waals surface area (Å²) in [5.41, 5.74) is -0.0391. The third kappa shape index (κ3) is 2.69. The van der Waals surface area contributed by atoms with E-state index >= 15 is 0 Å². The molecule has 2 atom stereocenters. The molecule has 0 bridgehead atoms. The Kier molecular flexibility index (Phi) is 4.64. The number of hydrogen-bond acceptors (Lipinski definition) is 3. The van der Waals surface area contributed by atoms with E-state index in [9.17, 15) is 19.0 Å². The number of rotatable bonds is 4. The van der Waals surface area contributed by atoms with Crippen LogP contribution < -0.4 is 4.74 Å². The fraction of sp³-hybridized carbons (Fsp3) is 0.400. The van der Waals surface area contributed by atoms with E-state index in [4.69, 9.17) is 0 Å². The lowest BCUT2D eigenvalue weighted by atomic mass is 10.0. The zero-order valence-electron chi connectivity index (χ0n) is 8.45. The molecule has 0 spiro atoms. The molecule has 0 heterocycles. The molecule has 0 aromatic heterocycles. The van der Waals surface area contributed by atoms with Crippen molar-refractivity contribution >= 4 is 15.9 Å². The fourth-order valence-corrected chi connectivity index (χ4v) is 1.61. The van der Waals surface area contributed by atoms with E-state index in [0.29, 0.717) is 0 Å². The van der Waals surface area contributed by atoms with Crippen LogP contribution in [0.1, 0.15) is 11.7 Å². The number of ether oxygens (including phenoxy) is 1. The van der Waals surface area contributed by atoms with Crippen LogP contribution in [0.4, 0.5) is 8.78 Å². The van der Waals surface area contributed by atoms with E-state index in [1.807, 2.05) is 0 Å². The molecule has 1 rings (SSSR count). The van der Waals surface area contributed by atoms with Gasteiger partial charge in [-0.25, -0.2) is 8.78 Å². The number of benzene rings is 1. The summed E-state index contributed by atoms with van der Waals surface area (Å²) in [5, 5.41) is 19.0. The first-order valence-electron chi connectivity index (χ1n) is 4.46. The predicted molar refractivity (Wildman–Crippen MR) is 57.7 cm³/mol. The topological polar surface area (TPSA) is 49.7 Å². The lowest BCUT2D eigenvalue weighted by Crippen LogP contribution is -2.19. The highest BCUT2D eigenvalue weighted by Gasteiger charge is 2.21. The van der Waals surface area contributed by atoms with E-state index in [0.717, 1.165) is 19.2 Å². The van der Waals surface area contributed by atoms with Crippen LogP contribution in [0.5, 0.6) is 5.75 Å². The van der Waals surface area contributed by atoms with E-state index in [1.54, 1.807) is 0 Å². The molecule has 0 radical (unpaired) electrons. The fourth-order valence-electron chi connectivity index (χ4n) is 1.25. The summed E-state index contributed by atoms with van der Waals surface area (Å²) in [4.78, 5) is 0. The van der Waals surface area contributed by atoms with Crippen molar-refractivity contribution in [1.29, 1.82) is 0 Å². The van der Waals surface area contributed by atoms with Gasteiger partial charge in [-0.2, -0.15) is 0 Å². The Bertz CT molecular complexity index is 350. The van der Waals surface area contributed by atoms with E-state index in [1.165, 1.54) is 0 Å². The third-order valence-corrected chi connectivity index (χ3v) is 2.75. The standard InChI is InChI=1S/C10H11BrF2O3/c1-16-10-6(12)2-5(3-7(10)13)9(15)8(14)4-11/h2-3,8-9,14-15H,4H2,1H3. The molecule has 2 N–H and O–H groups in total. The van der Waals surface area contributed by atoms with Crippen molar-refractivity contribution in [3.8, 4) is 5.75 Å². The second-order valence-electron chi connectivity index (χ2n) is 3.18. The highest BCUT2D eigenvalue weighted by molar-refractivity contribution is 9.09. The predicted octanol–water partition coefficient (Wildman–Crippen LogP) is 1.76. The molecule has 1 aromatic carbocycles. The molecule has 90 valence electrons. The Balaban J connectivity index is 3.08. The molecular formula is C10H11BrF2O3. The Morgan fingerprint density at radius 3 is 2.19 bits per heavy atom. The van der Waals surface area contributed by atoms with Crippen molar-refractivity contribution in [3.63, 3.8) is 0 Å². The van der Waals surface area contributed by atoms with Gasteiger partial charge in [-0.15, -0.1) is 0 Å². The van der Waals surface area contributed by atoms with Crippen molar-refractivity contribution in [3.05, 3.63) is 29.3 Å². The molecule has 0 amide bonds. The first-order valence-corrected chi connectivity index (χ1v) is 5.58. The van der Waals surface area contributed by atoms with Crippen LogP contribution in [0.15, 0.2) is 12.1 Å². The first-order chi connectivity index (χ1) is 7.51. The molecule has 0 fully saturated rings. The van der Waals surface area contributed by atoms with Crippen LogP contribution >= 0.6 is 15.9 Å². The summed E-state index contributed by atoms with van der Waals surface area (Å²) in [6.45, 7) is 0. The minimum Gasteiger partial charge on any atom is -0.491 e. The molecule has 3 nitrogen and oxygen atoms in total. The number of halogens is 3. The molecule has 0 aliphatic carbocycles. The normalized spacial score (nSPS) is 14.6. The Morgan fingerprint density at radius 1 is 1.31 bits per heavy atom. The minimum atomic E-state index is -1.35. The van der Waals surface area contributed by atoms with Gasteiger partial charge in [-0.1, -0.05) is 15.9 Å². The molecular weight excluding hydrogens is 286 g/mol. The number of alkyl halides is 1. The number of aliphatic hydroxyl groups is 2. The number of aliphatic hydroxyl groups excluding tert-OH is 2. The van der Waals surface area contributed by atoms with E-state index < -0.39 is 29.6 Å². The van der Waals surface area contributed by atoms with Gasteiger partial charge in [-0.3, -0.25) is 0 Å². The summed E-state index contributed by atoms with van der Waals surface area (Å²) in [7, 11) is 1.14. The summed E-state index contributed by atoms with van der Waals surface area (Å²) in [5.74, 6) is -2.35. The molecule has 2 unspecified atom stereocenters. The smallest absolute Gasteiger partial charge is 0.190 e. The second-order valence-corrected chi connectivity index (χ2v) is 3.83. The van der Waals surface area contributed by atoms with Gasteiger partial charge in [0, 0.05) is 5.33 Å². The van der Waals surface area contributed by atoms with Crippen LogP contribution in [0, 0.1) is 11.6 Å². The second kappa shape index (κ2) is 5.56. The maximum atomic E-state index is 13.3. The monoisotopic (exact) mass is 296 g/mol. The average molecular weight is 297 g/mol. The van der Waals surface area contributed by atoms with Gasteiger partial charge >= 0.3 is 0 Å². The van der Waals surface area contributed by atoms with E-state index in [2.05, 4.69) is 20.7 Å². The summed E-state index contributed by atoms with van der Waals surface area (Å²) >= 11 is 2.96. The van der Waals surface area contributed by atoms with Crippen molar-refractivity contribution in [2.45, 2.75) is 12.2 Å². The van der Waals surface area contributed by atoms with Crippen molar-refractivity contribution in [1.82, 2.24) is 0 Å². The zero-order valence-corrected chi connectivity index (χ0v) is 10.0. The molecule has 0 aliphatic rings. The molecule has 0 saturated carbocycles. The van der Waals surface area contributed by atoms with Gasteiger partial charge in [0.2, 0.25) is 0 Å². The summed E-state index contributed by atoms with van der Waals surface area (Å²) in [6, 6.07) is 1.86. The zero-order chi connectivity index (χ0) is 12.3. The van der Waals surface area contributed by atoms with E-state index in [-0.39, 0.29) is 10.9 Å². The Labute approximate surface area is 99.8 Å². The van der Waals surface area contributed by atoms with Gasteiger partial charge < -0.3 is 14.9 Å². The SMILES string of the molecule is COc1c(F)cc(C(O)C(O)CBr)cc1F. The number of hydrogen-bond donors (Lipinski definition) is 2. The Hall–Kier alpha value is -0.720. The largest absolute Gasteiger partial charge is 0.491 e. The van der Waals surface area contributed by atoms with Gasteiger partial charge in [-0.05, 0) is 17.7 Å². The highest BCUT2D eigenvalue weighted by Crippen LogP contribution is 2.27. The van der Waals surface area contributed by atoms with Crippen molar-refractivity contribution in [2.24, 2.45) is 0 Å². The first kappa shape index (κ1) is 13.3. The molecule has 0 saturated heterocycles. The summed E-state index contributed by atoms with van der Waals surface area (Å²) < 4.78 is 31.0. The van der Waals surface area contributed by atoms with Crippen LogP contribution in [0.3, 0.4) is 0 Å². The van der Waals surface area contributed by atoms with Crippen LogP contribution in [0.2, 0.25) is 0 Å². The van der Waals surface area contributed by atoms with Gasteiger partial charge in [0.15, 0.2) is 17.4 Å².